The van der Waals surface area contributed by atoms with Crippen LogP contribution in [0, 0.1) is 6.92 Å². The second kappa shape index (κ2) is 5.90. The lowest BCUT2D eigenvalue weighted by molar-refractivity contribution is 0.0459. The zero-order chi connectivity index (χ0) is 14.7. The Morgan fingerprint density at radius 1 is 1.38 bits per heavy atom. The molecule has 21 heavy (non-hydrogen) atoms. The molecule has 1 saturated heterocycles. The lowest BCUT2D eigenvalue weighted by atomic mass is 10.3. The van der Waals surface area contributed by atoms with Crippen LogP contribution in [0.4, 0.5) is 5.82 Å². The molecular formula is C14H16N4O3. The largest absolute Gasteiger partial charge is 0.454 e. The maximum atomic E-state index is 11.9. The highest BCUT2D eigenvalue weighted by Gasteiger charge is 2.15. The summed E-state index contributed by atoms with van der Waals surface area (Å²) in [6, 6.07) is 3.57. The van der Waals surface area contributed by atoms with Gasteiger partial charge < -0.3 is 14.2 Å². The average molecular weight is 288 g/mol. The normalized spacial score (nSPS) is 14.4. The molecule has 7 nitrogen and oxygen atoms in total. The number of esters is 1. The zero-order valence-corrected chi connectivity index (χ0v) is 11.8. The van der Waals surface area contributed by atoms with Crippen molar-refractivity contribution in [3.63, 3.8) is 0 Å². The third-order valence-corrected chi connectivity index (χ3v) is 3.32. The first kappa shape index (κ1) is 13.5. The fraction of sp³-hybridized carbons (Fsp3) is 0.429. The molecule has 0 radical (unpaired) electrons. The molecule has 0 atom stereocenters. The van der Waals surface area contributed by atoms with Gasteiger partial charge in [0.1, 0.15) is 5.82 Å². The number of carbonyl (C=O) groups excluding carboxylic acids is 1. The summed E-state index contributed by atoms with van der Waals surface area (Å²) in [4.78, 5) is 22.4. The van der Waals surface area contributed by atoms with Crippen molar-refractivity contribution in [3.8, 4) is 0 Å². The first-order valence-electron chi connectivity index (χ1n) is 6.90. The minimum Gasteiger partial charge on any atom is -0.454 e. The monoisotopic (exact) mass is 288 g/mol. The van der Waals surface area contributed by atoms with Gasteiger partial charge in [0.2, 0.25) is 11.7 Å². The summed E-state index contributed by atoms with van der Waals surface area (Å²) < 4.78 is 9.92. The third-order valence-electron chi connectivity index (χ3n) is 3.32. The van der Waals surface area contributed by atoms with E-state index in [9.17, 15) is 4.79 Å². The Balaban J connectivity index is 1.59. The molecule has 0 aliphatic carbocycles. The molecule has 0 N–H and O–H groups in total. The van der Waals surface area contributed by atoms with Gasteiger partial charge in [0.25, 0.3) is 0 Å². The van der Waals surface area contributed by atoms with Crippen LogP contribution in [0.5, 0.6) is 0 Å². The zero-order valence-electron chi connectivity index (χ0n) is 11.8. The molecular weight excluding hydrogens is 272 g/mol. The van der Waals surface area contributed by atoms with Crippen molar-refractivity contribution in [1.29, 1.82) is 0 Å². The van der Waals surface area contributed by atoms with Crippen LogP contribution in [0.2, 0.25) is 0 Å². The Labute approximate surface area is 121 Å². The minimum atomic E-state index is -0.446. The Morgan fingerprint density at radius 2 is 2.19 bits per heavy atom. The van der Waals surface area contributed by atoms with Crippen LogP contribution in [0.3, 0.4) is 0 Å². The van der Waals surface area contributed by atoms with E-state index in [0.717, 1.165) is 18.9 Å². The number of anilines is 1. The van der Waals surface area contributed by atoms with Crippen molar-refractivity contribution in [2.24, 2.45) is 0 Å². The molecule has 0 spiro atoms. The molecule has 2 aromatic rings. The van der Waals surface area contributed by atoms with Crippen molar-refractivity contribution in [2.45, 2.75) is 26.4 Å². The lowest BCUT2D eigenvalue weighted by Crippen LogP contribution is -2.19. The van der Waals surface area contributed by atoms with E-state index in [1.54, 1.807) is 13.0 Å². The van der Waals surface area contributed by atoms with E-state index in [4.69, 9.17) is 9.26 Å². The predicted molar refractivity (Wildman–Crippen MR) is 73.8 cm³/mol. The molecule has 1 aliphatic heterocycles. The number of aryl methyl sites for hydroxylation is 1. The number of aromatic nitrogens is 3. The number of carbonyl (C=O) groups is 1. The van der Waals surface area contributed by atoms with Crippen LogP contribution in [-0.2, 0) is 11.3 Å². The van der Waals surface area contributed by atoms with E-state index in [-0.39, 0.29) is 6.61 Å². The summed E-state index contributed by atoms with van der Waals surface area (Å²) in [6.45, 7) is 3.71. The van der Waals surface area contributed by atoms with Gasteiger partial charge in [-0.25, -0.2) is 9.78 Å². The molecule has 0 aromatic carbocycles. The lowest BCUT2D eigenvalue weighted by Gasteiger charge is -2.15. The molecule has 7 heteroatoms. The van der Waals surface area contributed by atoms with E-state index < -0.39 is 5.97 Å². The Bertz CT molecular complexity index is 617. The molecule has 0 unspecified atom stereocenters. The van der Waals surface area contributed by atoms with Gasteiger partial charge in [0, 0.05) is 26.2 Å². The summed E-state index contributed by atoms with van der Waals surface area (Å²) in [6.07, 6.45) is 3.92. The molecule has 1 fully saturated rings. The van der Waals surface area contributed by atoms with Crippen LogP contribution in [-0.4, -0.2) is 34.2 Å². The van der Waals surface area contributed by atoms with E-state index in [0.29, 0.717) is 17.3 Å². The molecule has 0 saturated carbocycles. The van der Waals surface area contributed by atoms with Crippen molar-refractivity contribution >= 4 is 11.8 Å². The van der Waals surface area contributed by atoms with Crippen LogP contribution in [0.15, 0.2) is 22.9 Å². The Morgan fingerprint density at radius 3 is 2.81 bits per heavy atom. The smallest absolute Gasteiger partial charge is 0.340 e. The fourth-order valence-electron chi connectivity index (χ4n) is 2.25. The first-order chi connectivity index (χ1) is 10.2. The highest BCUT2D eigenvalue weighted by Crippen LogP contribution is 2.17. The Kier molecular flexibility index (Phi) is 3.81. The van der Waals surface area contributed by atoms with E-state index in [2.05, 4.69) is 20.0 Å². The molecule has 1 aliphatic rings. The molecule has 3 heterocycles. The highest BCUT2D eigenvalue weighted by molar-refractivity contribution is 5.89. The topological polar surface area (TPSA) is 81.4 Å². The van der Waals surface area contributed by atoms with Gasteiger partial charge in [-0.1, -0.05) is 5.16 Å². The molecule has 0 bridgehead atoms. The molecule has 110 valence electrons. The van der Waals surface area contributed by atoms with E-state index in [1.807, 2.05) is 6.07 Å². The van der Waals surface area contributed by atoms with E-state index in [1.165, 1.54) is 19.0 Å². The van der Waals surface area contributed by atoms with Crippen LogP contribution in [0.1, 0.15) is 34.9 Å². The van der Waals surface area contributed by atoms with Crippen molar-refractivity contribution in [2.75, 3.05) is 18.0 Å². The van der Waals surface area contributed by atoms with Crippen LogP contribution < -0.4 is 4.90 Å². The van der Waals surface area contributed by atoms with Crippen molar-refractivity contribution in [1.82, 2.24) is 15.1 Å². The second-order valence-corrected chi connectivity index (χ2v) is 4.90. The minimum absolute atomic E-state index is 0.00987. The summed E-state index contributed by atoms with van der Waals surface area (Å²) in [5.41, 5.74) is 0.415. The number of nitrogens with zero attached hydrogens (tertiary/aromatic N) is 4. The van der Waals surface area contributed by atoms with Gasteiger partial charge in [0.15, 0.2) is 6.61 Å². The number of pyridine rings is 1. The van der Waals surface area contributed by atoms with Crippen molar-refractivity contribution in [3.05, 3.63) is 35.6 Å². The number of ether oxygens (including phenoxy) is 1. The van der Waals surface area contributed by atoms with Gasteiger partial charge in [-0.05, 0) is 25.0 Å². The first-order valence-corrected chi connectivity index (χ1v) is 6.90. The van der Waals surface area contributed by atoms with Gasteiger partial charge >= 0.3 is 5.97 Å². The second-order valence-electron chi connectivity index (χ2n) is 4.90. The highest BCUT2D eigenvalue weighted by atomic mass is 16.5. The SMILES string of the molecule is Cc1nc(COC(=O)c2ccc(N3CCCC3)nc2)no1. The number of rotatable bonds is 4. The van der Waals surface area contributed by atoms with Gasteiger partial charge in [-0.2, -0.15) is 4.98 Å². The van der Waals surface area contributed by atoms with E-state index >= 15 is 0 Å². The van der Waals surface area contributed by atoms with Gasteiger partial charge in [-0.15, -0.1) is 0 Å². The number of hydrogen-bond donors (Lipinski definition) is 0. The maximum Gasteiger partial charge on any atom is 0.340 e. The summed E-state index contributed by atoms with van der Waals surface area (Å²) >= 11 is 0. The fourth-order valence-corrected chi connectivity index (χ4v) is 2.25. The maximum absolute atomic E-state index is 11.9. The Hall–Kier alpha value is -2.44. The molecule has 3 rings (SSSR count). The van der Waals surface area contributed by atoms with Crippen LogP contribution in [0.25, 0.3) is 0 Å². The molecule has 0 amide bonds. The summed E-state index contributed by atoms with van der Waals surface area (Å²) in [5, 5.41) is 3.66. The average Bonchev–Trinajstić information content (AvgIpc) is 3.16. The molecule has 2 aromatic heterocycles. The summed E-state index contributed by atoms with van der Waals surface area (Å²) in [5.74, 6) is 1.25. The van der Waals surface area contributed by atoms with Gasteiger partial charge in [-0.3, -0.25) is 0 Å². The summed E-state index contributed by atoms with van der Waals surface area (Å²) in [7, 11) is 0. The predicted octanol–water partition coefficient (Wildman–Crippen LogP) is 1.73. The third kappa shape index (κ3) is 3.18. The van der Waals surface area contributed by atoms with Gasteiger partial charge in [0.05, 0.1) is 5.56 Å². The standard InChI is InChI=1S/C14H16N4O3/c1-10-16-12(17-21-10)9-20-14(19)11-4-5-13(15-8-11)18-6-2-3-7-18/h4-5,8H,2-3,6-7,9H2,1H3. The quantitative estimate of drug-likeness (QED) is 0.792. The van der Waals surface area contributed by atoms with Crippen LogP contribution >= 0.6 is 0 Å². The number of hydrogen-bond acceptors (Lipinski definition) is 7. The van der Waals surface area contributed by atoms with Crippen molar-refractivity contribution < 1.29 is 14.1 Å².